The fraction of sp³-hybridized carbons (Fsp3) is 0.444. The topological polar surface area (TPSA) is 109 Å². The van der Waals surface area contributed by atoms with Crippen molar-refractivity contribution >= 4 is 27.4 Å². The van der Waals surface area contributed by atoms with Crippen molar-refractivity contribution in [3.05, 3.63) is 26.9 Å². The Morgan fingerprint density at radius 1 is 1.71 bits per heavy atom. The summed E-state index contributed by atoms with van der Waals surface area (Å²) in [6.07, 6.45) is 1.11. The second-order valence-electron chi connectivity index (χ2n) is 3.79. The molecule has 3 N–H and O–H groups in total. The van der Waals surface area contributed by atoms with Gasteiger partial charge in [0.15, 0.2) is 0 Å². The number of nitrogens with zero attached hydrogens (tertiary/aromatic N) is 2. The maximum absolute atomic E-state index is 10.5. The van der Waals surface area contributed by atoms with Gasteiger partial charge < -0.3 is 15.5 Å². The maximum atomic E-state index is 10.5. The van der Waals surface area contributed by atoms with Gasteiger partial charge in [0.05, 0.1) is 16.0 Å². The first-order valence-corrected chi connectivity index (χ1v) is 5.52. The van der Waals surface area contributed by atoms with Crippen molar-refractivity contribution in [3.63, 3.8) is 0 Å². The number of hydrogen-bond donors (Lipinski definition) is 3. The van der Waals surface area contributed by atoms with Gasteiger partial charge in [0, 0.05) is 12.6 Å². The molecule has 7 nitrogen and oxygen atoms in total. The monoisotopic (exact) mass is 305 g/mol. The van der Waals surface area contributed by atoms with Crippen molar-refractivity contribution in [1.82, 2.24) is 4.98 Å². The average Bonchev–Trinajstić information content (AvgIpc) is 2.27. The molecule has 17 heavy (non-hydrogen) atoms. The summed E-state index contributed by atoms with van der Waals surface area (Å²) in [5, 5.41) is 31.7. The van der Waals surface area contributed by atoms with E-state index in [1.165, 1.54) is 13.0 Å². The van der Waals surface area contributed by atoms with Crippen molar-refractivity contribution in [2.45, 2.75) is 12.5 Å². The van der Waals surface area contributed by atoms with E-state index in [0.29, 0.717) is 10.3 Å². The zero-order valence-corrected chi connectivity index (χ0v) is 10.6. The van der Waals surface area contributed by atoms with Crippen molar-refractivity contribution < 1.29 is 15.1 Å². The first-order valence-electron chi connectivity index (χ1n) is 4.73. The molecule has 1 atom stereocenters. The molecule has 1 rings (SSSR count). The van der Waals surface area contributed by atoms with Gasteiger partial charge in [0.1, 0.15) is 17.6 Å². The summed E-state index contributed by atoms with van der Waals surface area (Å²) >= 11 is 3.13. The Labute approximate surface area is 106 Å². The van der Waals surface area contributed by atoms with Gasteiger partial charge in [0.2, 0.25) is 0 Å². The molecule has 0 saturated carbocycles. The van der Waals surface area contributed by atoms with Crippen molar-refractivity contribution in [3.8, 4) is 0 Å². The minimum absolute atomic E-state index is 0.0763. The van der Waals surface area contributed by atoms with Gasteiger partial charge >= 0.3 is 0 Å². The lowest BCUT2D eigenvalue weighted by Crippen LogP contribution is -2.37. The smallest absolute Gasteiger partial charge is 0.288 e. The van der Waals surface area contributed by atoms with E-state index in [1.54, 1.807) is 0 Å². The Morgan fingerprint density at radius 3 is 2.82 bits per heavy atom. The molecule has 0 fully saturated rings. The van der Waals surface area contributed by atoms with Crippen LogP contribution in [0.1, 0.15) is 6.92 Å². The second-order valence-corrected chi connectivity index (χ2v) is 4.64. The molecule has 0 radical (unpaired) electrons. The average molecular weight is 306 g/mol. The Kier molecular flexibility index (Phi) is 4.38. The standard InChI is InChI=1S/C9H12BrN3O4/c1-9(15,5-14)4-12-8-7(10)2-6(3-11-8)13(16)17/h2-3,14-15H,4-5H2,1H3,(H,11,12). The molecule has 0 spiro atoms. The van der Waals surface area contributed by atoms with E-state index in [2.05, 4.69) is 26.2 Å². The second kappa shape index (κ2) is 5.39. The SMILES string of the molecule is CC(O)(CO)CNc1ncc([N+](=O)[O-])cc1Br. The highest BCUT2D eigenvalue weighted by molar-refractivity contribution is 9.10. The van der Waals surface area contributed by atoms with Crippen molar-refractivity contribution in [1.29, 1.82) is 0 Å². The predicted octanol–water partition coefficient (Wildman–Crippen LogP) is 0.907. The van der Waals surface area contributed by atoms with E-state index in [-0.39, 0.29) is 12.2 Å². The van der Waals surface area contributed by atoms with E-state index in [1.807, 2.05) is 0 Å². The number of nitro groups is 1. The lowest BCUT2D eigenvalue weighted by molar-refractivity contribution is -0.385. The summed E-state index contributed by atoms with van der Waals surface area (Å²) in [5.74, 6) is 0.365. The van der Waals surface area contributed by atoms with Crippen LogP contribution in [0, 0.1) is 10.1 Å². The van der Waals surface area contributed by atoms with Crippen LogP contribution in [0.25, 0.3) is 0 Å². The summed E-state index contributed by atoms with van der Waals surface area (Å²) in [6.45, 7) is 1.14. The molecule has 0 aromatic carbocycles. The van der Waals surface area contributed by atoms with Crippen LogP contribution in [0.5, 0.6) is 0 Å². The van der Waals surface area contributed by atoms with Crippen LogP contribution in [0.15, 0.2) is 16.7 Å². The predicted molar refractivity (Wildman–Crippen MR) is 64.8 cm³/mol. The summed E-state index contributed by atoms with van der Waals surface area (Å²) in [4.78, 5) is 13.8. The lowest BCUT2D eigenvalue weighted by Gasteiger charge is -2.21. The number of rotatable bonds is 5. The molecule has 0 bridgehead atoms. The van der Waals surface area contributed by atoms with E-state index in [4.69, 9.17) is 5.11 Å². The molecule has 94 valence electrons. The van der Waals surface area contributed by atoms with Crippen LogP contribution in [-0.2, 0) is 0 Å². The fourth-order valence-electron chi connectivity index (χ4n) is 0.988. The van der Waals surface area contributed by atoms with Crippen molar-refractivity contribution in [2.24, 2.45) is 0 Å². The third-order valence-electron chi connectivity index (χ3n) is 2.01. The largest absolute Gasteiger partial charge is 0.393 e. The van der Waals surface area contributed by atoms with Crippen LogP contribution >= 0.6 is 15.9 Å². The van der Waals surface area contributed by atoms with Crippen LogP contribution in [0.3, 0.4) is 0 Å². The summed E-state index contributed by atoms with van der Waals surface area (Å²) in [7, 11) is 0. The summed E-state index contributed by atoms with van der Waals surface area (Å²) in [6, 6.07) is 1.31. The number of halogens is 1. The van der Waals surface area contributed by atoms with Gasteiger partial charge in [-0.05, 0) is 22.9 Å². The zero-order chi connectivity index (χ0) is 13.1. The van der Waals surface area contributed by atoms with Gasteiger partial charge in [-0.25, -0.2) is 4.98 Å². The van der Waals surface area contributed by atoms with E-state index in [0.717, 1.165) is 6.20 Å². The number of aliphatic hydroxyl groups is 2. The van der Waals surface area contributed by atoms with Crippen LogP contribution < -0.4 is 5.32 Å². The minimum atomic E-state index is -1.27. The molecular formula is C9H12BrN3O4. The first-order chi connectivity index (χ1) is 7.85. The van der Waals surface area contributed by atoms with Gasteiger partial charge in [-0.1, -0.05) is 0 Å². The first kappa shape index (κ1) is 13.8. The normalized spacial score (nSPS) is 14.1. The number of nitrogens with one attached hydrogen (secondary N) is 1. The molecule has 0 aliphatic carbocycles. The third-order valence-corrected chi connectivity index (χ3v) is 2.62. The van der Waals surface area contributed by atoms with E-state index < -0.39 is 17.1 Å². The van der Waals surface area contributed by atoms with Crippen molar-refractivity contribution in [2.75, 3.05) is 18.5 Å². The lowest BCUT2D eigenvalue weighted by atomic mass is 10.1. The Balaban J connectivity index is 2.77. The van der Waals surface area contributed by atoms with Gasteiger partial charge in [0.25, 0.3) is 5.69 Å². The molecular weight excluding hydrogens is 294 g/mol. The number of aromatic nitrogens is 1. The zero-order valence-electron chi connectivity index (χ0n) is 9.05. The number of anilines is 1. The number of pyridine rings is 1. The highest BCUT2D eigenvalue weighted by atomic mass is 79.9. The van der Waals surface area contributed by atoms with Gasteiger partial charge in [-0.3, -0.25) is 10.1 Å². The van der Waals surface area contributed by atoms with Gasteiger partial charge in [-0.15, -0.1) is 0 Å². The molecule has 8 heteroatoms. The third kappa shape index (κ3) is 3.91. The minimum Gasteiger partial charge on any atom is -0.393 e. The Hall–Kier alpha value is -1.25. The van der Waals surface area contributed by atoms with E-state index >= 15 is 0 Å². The number of hydrogen-bond acceptors (Lipinski definition) is 6. The van der Waals surface area contributed by atoms with Crippen LogP contribution in [-0.4, -0.2) is 38.9 Å². The van der Waals surface area contributed by atoms with E-state index in [9.17, 15) is 15.2 Å². The molecule has 1 aromatic rings. The Morgan fingerprint density at radius 2 is 2.35 bits per heavy atom. The molecule has 1 heterocycles. The Bertz CT molecular complexity index is 425. The van der Waals surface area contributed by atoms with Crippen LogP contribution in [0.4, 0.5) is 11.5 Å². The molecule has 0 saturated heterocycles. The fourth-order valence-corrected chi connectivity index (χ4v) is 1.46. The summed E-state index contributed by atoms with van der Waals surface area (Å²) < 4.78 is 0.417. The molecule has 0 aliphatic heterocycles. The summed E-state index contributed by atoms with van der Waals surface area (Å²) in [5.41, 5.74) is -1.40. The molecule has 1 aromatic heterocycles. The molecule has 1 unspecified atom stereocenters. The number of aliphatic hydroxyl groups excluding tert-OH is 1. The molecule has 0 amide bonds. The van der Waals surface area contributed by atoms with Gasteiger partial charge in [-0.2, -0.15) is 0 Å². The molecule has 0 aliphatic rings. The highest BCUT2D eigenvalue weighted by Gasteiger charge is 2.19. The van der Waals surface area contributed by atoms with Crippen LogP contribution in [0.2, 0.25) is 0 Å². The maximum Gasteiger partial charge on any atom is 0.288 e. The highest BCUT2D eigenvalue weighted by Crippen LogP contribution is 2.24. The quantitative estimate of drug-likeness (QED) is 0.551.